The van der Waals surface area contributed by atoms with E-state index in [1.807, 2.05) is 18.2 Å². The molecule has 1 aromatic carbocycles. The minimum Gasteiger partial charge on any atom is -0.497 e. The Morgan fingerprint density at radius 3 is 2.68 bits per heavy atom. The molecular formula is C16H20N4O2. The van der Waals surface area contributed by atoms with Crippen LogP contribution < -0.4 is 20.5 Å². The van der Waals surface area contributed by atoms with Crippen LogP contribution in [0.3, 0.4) is 0 Å². The second-order valence-electron chi connectivity index (χ2n) is 4.78. The van der Waals surface area contributed by atoms with Crippen molar-refractivity contribution in [3.8, 4) is 11.5 Å². The zero-order valence-corrected chi connectivity index (χ0v) is 12.9. The zero-order valence-electron chi connectivity index (χ0n) is 12.9. The summed E-state index contributed by atoms with van der Waals surface area (Å²) in [5.41, 5.74) is 8.41. The molecule has 116 valence electrons. The third-order valence-corrected chi connectivity index (χ3v) is 3.30. The molecule has 6 heteroatoms. The van der Waals surface area contributed by atoms with Gasteiger partial charge in [0.15, 0.2) is 0 Å². The Balaban J connectivity index is 2.24. The van der Waals surface area contributed by atoms with Gasteiger partial charge in [-0.05, 0) is 25.1 Å². The van der Waals surface area contributed by atoms with Crippen molar-refractivity contribution in [2.75, 3.05) is 25.3 Å². The lowest BCUT2D eigenvalue weighted by Crippen LogP contribution is -2.10. The van der Waals surface area contributed by atoms with E-state index in [-0.39, 0.29) is 0 Å². The van der Waals surface area contributed by atoms with Crippen LogP contribution in [0, 0.1) is 5.41 Å². The Bertz CT molecular complexity index is 686. The largest absolute Gasteiger partial charge is 0.497 e. The Morgan fingerprint density at radius 1 is 1.27 bits per heavy atom. The van der Waals surface area contributed by atoms with Crippen LogP contribution in [0.2, 0.25) is 0 Å². The molecule has 0 spiro atoms. The summed E-state index contributed by atoms with van der Waals surface area (Å²) in [4.78, 5) is 4.27. The molecule has 1 heterocycles. The molecule has 0 aliphatic heterocycles. The molecule has 22 heavy (non-hydrogen) atoms. The summed E-state index contributed by atoms with van der Waals surface area (Å²) in [6, 6.07) is 7.31. The molecule has 0 saturated carbocycles. The van der Waals surface area contributed by atoms with Crippen molar-refractivity contribution >= 4 is 17.2 Å². The minimum atomic E-state index is 0.370. The molecule has 0 fully saturated rings. The first kappa shape index (κ1) is 15.6. The van der Waals surface area contributed by atoms with Crippen molar-refractivity contribution in [3.63, 3.8) is 0 Å². The van der Waals surface area contributed by atoms with Crippen molar-refractivity contribution < 1.29 is 9.47 Å². The van der Waals surface area contributed by atoms with Crippen LogP contribution in [0.1, 0.15) is 18.1 Å². The van der Waals surface area contributed by atoms with E-state index in [4.69, 9.17) is 20.6 Å². The van der Waals surface area contributed by atoms with Crippen LogP contribution >= 0.6 is 0 Å². The molecule has 4 N–H and O–H groups in total. The molecule has 0 saturated heterocycles. The maximum Gasteiger partial charge on any atom is 0.137 e. The predicted molar refractivity (Wildman–Crippen MR) is 88.0 cm³/mol. The molecule has 2 aromatic rings. The minimum absolute atomic E-state index is 0.370. The fraction of sp³-hybridized carbons (Fsp3) is 0.250. The lowest BCUT2D eigenvalue weighted by molar-refractivity contribution is 0.391. The SMILES string of the molecule is COc1ccc(CNc2nccc(N)c2C(C)=N)c(OC)c1. The third-order valence-electron chi connectivity index (χ3n) is 3.30. The first-order chi connectivity index (χ1) is 10.6. The van der Waals surface area contributed by atoms with Gasteiger partial charge in [0.1, 0.15) is 17.3 Å². The number of pyridine rings is 1. The number of methoxy groups -OCH3 is 2. The molecule has 0 atom stereocenters. The van der Waals surface area contributed by atoms with Crippen molar-refractivity contribution in [1.82, 2.24) is 4.98 Å². The number of benzene rings is 1. The standard InChI is InChI=1S/C16H20N4O2/c1-10(17)15-13(18)6-7-19-16(15)20-9-11-4-5-12(21-2)8-14(11)22-3/h4-8,17H,9H2,1-3H3,(H3,18,19,20). The van der Waals surface area contributed by atoms with Crippen molar-refractivity contribution in [2.24, 2.45) is 0 Å². The lowest BCUT2D eigenvalue weighted by atomic mass is 10.1. The van der Waals surface area contributed by atoms with Gasteiger partial charge in [0.2, 0.25) is 0 Å². The quantitative estimate of drug-likeness (QED) is 0.713. The highest BCUT2D eigenvalue weighted by atomic mass is 16.5. The summed E-state index contributed by atoms with van der Waals surface area (Å²) in [6.45, 7) is 2.19. The zero-order chi connectivity index (χ0) is 16.1. The van der Waals surface area contributed by atoms with E-state index < -0.39 is 0 Å². The van der Waals surface area contributed by atoms with Crippen LogP contribution in [0.25, 0.3) is 0 Å². The predicted octanol–water partition coefficient (Wildman–Crippen LogP) is 2.68. The highest BCUT2D eigenvalue weighted by Gasteiger charge is 2.11. The van der Waals surface area contributed by atoms with Gasteiger partial charge in [-0.25, -0.2) is 4.98 Å². The summed E-state index contributed by atoms with van der Waals surface area (Å²) >= 11 is 0. The second-order valence-corrected chi connectivity index (χ2v) is 4.78. The van der Waals surface area contributed by atoms with E-state index in [1.54, 1.807) is 33.4 Å². The summed E-state index contributed by atoms with van der Waals surface area (Å²) in [7, 11) is 3.23. The van der Waals surface area contributed by atoms with Crippen molar-refractivity contribution in [1.29, 1.82) is 5.41 Å². The lowest BCUT2D eigenvalue weighted by Gasteiger charge is -2.14. The number of nitrogens with zero attached hydrogens (tertiary/aromatic N) is 1. The van der Waals surface area contributed by atoms with Gasteiger partial charge in [-0.2, -0.15) is 0 Å². The Hall–Kier alpha value is -2.76. The number of rotatable bonds is 6. The van der Waals surface area contributed by atoms with Gasteiger partial charge < -0.3 is 25.9 Å². The summed E-state index contributed by atoms with van der Waals surface area (Å²) in [5.74, 6) is 2.05. The van der Waals surface area contributed by atoms with Gasteiger partial charge in [0, 0.05) is 35.8 Å². The van der Waals surface area contributed by atoms with Crippen LogP contribution in [0.4, 0.5) is 11.5 Å². The van der Waals surface area contributed by atoms with Crippen LogP contribution in [-0.4, -0.2) is 24.9 Å². The van der Waals surface area contributed by atoms with Crippen LogP contribution in [0.15, 0.2) is 30.5 Å². The van der Waals surface area contributed by atoms with E-state index in [1.165, 1.54) is 0 Å². The number of hydrogen-bond donors (Lipinski definition) is 3. The second kappa shape index (κ2) is 6.80. The smallest absolute Gasteiger partial charge is 0.137 e. The molecular weight excluding hydrogens is 280 g/mol. The average Bonchev–Trinajstić information content (AvgIpc) is 2.52. The average molecular weight is 300 g/mol. The van der Waals surface area contributed by atoms with Crippen molar-refractivity contribution in [3.05, 3.63) is 41.6 Å². The Kier molecular flexibility index (Phi) is 4.83. The number of nitrogens with one attached hydrogen (secondary N) is 2. The summed E-state index contributed by atoms with van der Waals surface area (Å²) in [5, 5.41) is 11.0. The maximum atomic E-state index is 7.83. The monoisotopic (exact) mass is 300 g/mol. The van der Waals surface area contributed by atoms with Crippen LogP contribution in [-0.2, 0) is 6.54 Å². The number of ether oxygens (including phenoxy) is 2. The Labute approximate surface area is 129 Å². The number of nitrogens with two attached hydrogens (primary N) is 1. The van der Waals surface area contributed by atoms with Crippen LogP contribution in [0.5, 0.6) is 11.5 Å². The molecule has 2 rings (SSSR count). The van der Waals surface area contributed by atoms with Gasteiger partial charge in [-0.15, -0.1) is 0 Å². The maximum absolute atomic E-state index is 7.83. The molecule has 0 unspecified atom stereocenters. The molecule has 6 nitrogen and oxygen atoms in total. The van der Waals surface area contributed by atoms with Gasteiger partial charge in [-0.3, -0.25) is 0 Å². The van der Waals surface area contributed by atoms with Gasteiger partial charge in [-0.1, -0.05) is 0 Å². The normalized spacial score (nSPS) is 10.1. The van der Waals surface area contributed by atoms with Gasteiger partial charge >= 0.3 is 0 Å². The van der Waals surface area contributed by atoms with E-state index in [9.17, 15) is 0 Å². The summed E-state index contributed by atoms with van der Waals surface area (Å²) < 4.78 is 10.6. The first-order valence-corrected chi connectivity index (χ1v) is 6.81. The highest BCUT2D eigenvalue weighted by molar-refractivity contribution is 6.05. The fourth-order valence-electron chi connectivity index (χ4n) is 2.18. The van der Waals surface area contributed by atoms with Gasteiger partial charge in [0.05, 0.1) is 19.8 Å². The van der Waals surface area contributed by atoms with E-state index >= 15 is 0 Å². The van der Waals surface area contributed by atoms with E-state index in [0.29, 0.717) is 29.3 Å². The number of hydrogen-bond acceptors (Lipinski definition) is 6. The molecule has 0 aliphatic rings. The fourth-order valence-corrected chi connectivity index (χ4v) is 2.18. The number of aromatic nitrogens is 1. The van der Waals surface area contributed by atoms with E-state index in [2.05, 4.69) is 10.3 Å². The summed E-state index contributed by atoms with van der Waals surface area (Å²) in [6.07, 6.45) is 1.62. The molecule has 0 aliphatic carbocycles. The van der Waals surface area contributed by atoms with E-state index in [0.717, 1.165) is 17.1 Å². The molecule has 1 aromatic heterocycles. The molecule has 0 bridgehead atoms. The highest BCUT2D eigenvalue weighted by Crippen LogP contribution is 2.26. The van der Waals surface area contributed by atoms with Gasteiger partial charge in [0.25, 0.3) is 0 Å². The number of anilines is 2. The van der Waals surface area contributed by atoms with Crippen molar-refractivity contribution in [2.45, 2.75) is 13.5 Å². The molecule has 0 amide bonds. The number of nitrogen functional groups attached to an aromatic ring is 1. The Morgan fingerprint density at radius 2 is 2.05 bits per heavy atom. The first-order valence-electron chi connectivity index (χ1n) is 6.81. The third kappa shape index (κ3) is 3.28. The molecule has 0 radical (unpaired) electrons. The topological polar surface area (TPSA) is 93.3 Å².